The minimum absolute atomic E-state index is 0.251. The molecule has 3 nitrogen and oxygen atoms in total. The number of hydrogen-bond donors (Lipinski definition) is 0. The third-order valence-corrected chi connectivity index (χ3v) is 4.84. The monoisotopic (exact) mass is 369 g/mol. The van der Waals surface area contributed by atoms with Gasteiger partial charge in [-0.3, -0.25) is 14.5 Å². The molecule has 1 aliphatic rings. The van der Waals surface area contributed by atoms with Crippen LogP contribution in [-0.4, -0.2) is 16.0 Å². The van der Waals surface area contributed by atoms with Gasteiger partial charge in [-0.15, -0.1) is 0 Å². The maximum absolute atomic E-state index is 12.5. The highest BCUT2D eigenvalue weighted by Crippen LogP contribution is 2.33. The standard InChI is InChI=1S/C20H16ClNO2S/c1-14(11-15-5-3-2-4-6-15)12-18-19(23)22(20(24)25-18)13-16-7-9-17(21)10-8-16/h2-12H,13H2,1H3/b14-11+,18-12-. The van der Waals surface area contributed by atoms with E-state index in [2.05, 4.69) is 0 Å². The molecule has 0 unspecified atom stereocenters. The molecule has 2 aromatic rings. The summed E-state index contributed by atoms with van der Waals surface area (Å²) >= 11 is 6.84. The Morgan fingerprint density at radius 2 is 1.76 bits per heavy atom. The summed E-state index contributed by atoms with van der Waals surface area (Å²) in [7, 11) is 0. The zero-order valence-corrected chi connectivity index (χ0v) is 15.2. The average molecular weight is 370 g/mol. The Hall–Kier alpha value is -2.30. The Balaban J connectivity index is 1.76. The van der Waals surface area contributed by atoms with Crippen LogP contribution in [0.1, 0.15) is 18.1 Å². The number of amides is 2. The molecule has 2 amide bonds. The van der Waals surface area contributed by atoms with Crippen molar-refractivity contribution in [2.45, 2.75) is 13.5 Å². The minimum atomic E-state index is -0.259. The lowest BCUT2D eigenvalue weighted by Crippen LogP contribution is -2.27. The smallest absolute Gasteiger partial charge is 0.268 e. The number of halogens is 1. The lowest BCUT2D eigenvalue weighted by atomic mass is 10.1. The Labute approximate surface area is 156 Å². The fourth-order valence-electron chi connectivity index (χ4n) is 2.47. The summed E-state index contributed by atoms with van der Waals surface area (Å²) in [6.45, 7) is 2.17. The summed E-state index contributed by atoms with van der Waals surface area (Å²) in [5.74, 6) is -0.259. The molecule has 2 aromatic carbocycles. The van der Waals surface area contributed by atoms with Crippen molar-refractivity contribution in [3.63, 3.8) is 0 Å². The van der Waals surface area contributed by atoms with E-state index < -0.39 is 0 Å². The lowest BCUT2D eigenvalue weighted by molar-refractivity contribution is -0.123. The van der Waals surface area contributed by atoms with Gasteiger partial charge in [-0.1, -0.05) is 60.1 Å². The average Bonchev–Trinajstić information content (AvgIpc) is 2.85. The number of allylic oxidation sites excluding steroid dienone is 2. The van der Waals surface area contributed by atoms with E-state index in [0.29, 0.717) is 9.93 Å². The summed E-state index contributed by atoms with van der Waals surface area (Å²) in [5.41, 5.74) is 2.84. The van der Waals surface area contributed by atoms with Gasteiger partial charge in [-0.25, -0.2) is 0 Å². The van der Waals surface area contributed by atoms with Gasteiger partial charge in [0.2, 0.25) is 0 Å². The molecule has 0 atom stereocenters. The van der Waals surface area contributed by atoms with E-state index in [0.717, 1.165) is 28.5 Å². The molecule has 0 N–H and O–H groups in total. The molecule has 5 heteroatoms. The van der Waals surface area contributed by atoms with Gasteiger partial charge in [-0.2, -0.15) is 0 Å². The van der Waals surface area contributed by atoms with Gasteiger partial charge >= 0.3 is 0 Å². The van der Waals surface area contributed by atoms with Crippen LogP contribution in [0.3, 0.4) is 0 Å². The van der Waals surface area contributed by atoms with Crippen molar-refractivity contribution < 1.29 is 9.59 Å². The van der Waals surface area contributed by atoms with E-state index in [1.165, 1.54) is 4.90 Å². The number of rotatable bonds is 4. The number of carbonyl (C=O) groups is 2. The Kier molecular flexibility index (Phi) is 5.41. The van der Waals surface area contributed by atoms with Gasteiger partial charge in [0.25, 0.3) is 11.1 Å². The highest BCUT2D eigenvalue weighted by molar-refractivity contribution is 8.18. The number of imide groups is 1. The van der Waals surface area contributed by atoms with Crippen molar-refractivity contribution in [2.75, 3.05) is 0 Å². The number of hydrogen-bond acceptors (Lipinski definition) is 3. The second-order valence-corrected chi connectivity index (χ2v) is 7.12. The topological polar surface area (TPSA) is 37.4 Å². The van der Waals surface area contributed by atoms with Crippen LogP contribution in [0.15, 0.2) is 71.2 Å². The van der Waals surface area contributed by atoms with Gasteiger partial charge < -0.3 is 0 Å². The molecule has 1 saturated heterocycles. The molecule has 0 radical (unpaired) electrons. The number of nitrogens with zero attached hydrogens (tertiary/aromatic N) is 1. The van der Waals surface area contributed by atoms with Crippen LogP contribution >= 0.6 is 23.4 Å². The molecule has 1 aliphatic heterocycles. The normalized spacial score (nSPS) is 16.8. The molecule has 3 rings (SSSR count). The molecule has 25 heavy (non-hydrogen) atoms. The fraction of sp³-hybridized carbons (Fsp3) is 0.100. The fourth-order valence-corrected chi connectivity index (χ4v) is 3.48. The largest absolute Gasteiger partial charge is 0.293 e. The molecular weight excluding hydrogens is 354 g/mol. The molecule has 126 valence electrons. The van der Waals surface area contributed by atoms with Crippen molar-refractivity contribution in [2.24, 2.45) is 0 Å². The van der Waals surface area contributed by atoms with Crippen LogP contribution in [0.5, 0.6) is 0 Å². The first-order valence-corrected chi connectivity index (χ1v) is 8.95. The van der Waals surface area contributed by atoms with Crippen molar-refractivity contribution >= 4 is 40.6 Å². The first kappa shape index (κ1) is 17.5. The lowest BCUT2D eigenvalue weighted by Gasteiger charge is -2.12. The maximum Gasteiger partial charge on any atom is 0.293 e. The summed E-state index contributed by atoms with van der Waals surface area (Å²) in [4.78, 5) is 26.4. The highest BCUT2D eigenvalue weighted by Gasteiger charge is 2.34. The summed E-state index contributed by atoms with van der Waals surface area (Å²) in [6, 6.07) is 17.0. The van der Waals surface area contributed by atoms with Crippen LogP contribution in [-0.2, 0) is 11.3 Å². The van der Waals surface area contributed by atoms with E-state index in [4.69, 9.17) is 11.6 Å². The quantitative estimate of drug-likeness (QED) is 0.665. The molecule has 0 bridgehead atoms. The van der Waals surface area contributed by atoms with Crippen molar-refractivity contribution in [1.82, 2.24) is 4.90 Å². The van der Waals surface area contributed by atoms with E-state index in [-0.39, 0.29) is 17.7 Å². The Morgan fingerprint density at radius 1 is 1.08 bits per heavy atom. The van der Waals surface area contributed by atoms with Crippen molar-refractivity contribution in [3.05, 3.63) is 87.3 Å². The third kappa shape index (κ3) is 4.41. The first-order valence-electron chi connectivity index (χ1n) is 7.76. The van der Waals surface area contributed by atoms with Crippen molar-refractivity contribution in [3.8, 4) is 0 Å². The summed E-state index contributed by atoms with van der Waals surface area (Å²) in [6.07, 6.45) is 3.74. The van der Waals surface area contributed by atoms with E-state index in [1.807, 2.05) is 55.5 Å². The number of thioether (sulfide) groups is 1. The van der Waals surface area contributed by atoms with Gasteiger partial charge in [0.1, 0.15) is 0 Å². The minimum Gasteiger partial charge on any atom is -0.268 e. The van der Waals surface area contributed by atoms with Crippen LogP contribution in [0.2, 0.25) is 5.02 Å². The van der Waals surface area contributed by atoms with Gasteiger partial charge in [0.05, 0.1) is 11.4 Å². The zero-order chi connectivity index (χ0) is 17.8. The summed E-state index contributed by atoms with van der Waals surface area (Å²) < 4.78 is 0. The van der Waals surface area contributed by atoms with Gasteiger partial charge in [-0.05, 0) is 53.6 Å². The molecular formula is C20H16ClNO2S. The predicted molar refractivity (Wildman–Crippen MR) is 103 cm³/mol. The second-order valence-electron chi connectivity index (χ2n) is 5.69. The third-order valence-electron chi connectivity index (χ3n) is 3.68. The Bertz CT molecular complexity index is 857. The van der Waals surface area contributed by atoms with E-state index in [9.17, 15) is 9.59 Å². The molecule has 0 spiro atoms. The predicted octanol–water partition coefficient (Wildman–Crippen LogP) is 5.52. The molecule has 1 fully saturated rings. The zero-order valence-electron chi connectivity index (χ0n) is 13.6. The van der Waals surface area contributed by atoms with Crippen LogP contribution < -0.4 is 0 Å². The van der Waals surface area contributed by atoms with Gasteiger partial charge in [0.15, 0.2) is 0 Å². The molecule has 0 aromatic heterocycles. The Morgan fingerprint density at radius 3 is 2.44 bits per heavy atom. The first-order chi connectivity index (χ1) is 12.0. The molecule has 0 saturated carbocycles. The van der Waals surface area contributed by atoms with Gasteiger partial charge in [0, 0.05) is 5.02 Å². The van der Waals surface area contributed by atoms with E-state index >= 15 is 0 Å². The maximum atomic E-state index is 12.5. The van der Waals surface area contributed by atoms with E-state index in [1.54, 1.807) is 18.2 Å². The second kappa shape index (κ2) is 7.72. The van der Waals surface area contributed by atoms with Crippen molar-refractivity contribution in [1.29, 1.82) is 0 Å². The molecule has 0 aliphatic carbocycles. The number of carbonyl (C=O) groups excluding carboxylic acids is 2. The van der Waals surface area contributed by atoms with Crippen LogP contribution in [0.25, 0.3) is 6.08 Å². The van der Waals surface area contributed by atoms with Crippen LogP contribution in [0, 0.1) is 0 Å². The number of benzene rings is 2. The summed E-state index contributed by atoms with van der Waals surface area (Å²) in [5, 5.41) is 0.373. The van der Waals surface area contributed by atoms with Crippen LogP contribution in [0.4, 0.5) is 4.79 Å². The molecule has 1 heterocycles. The highest BCUT2D eigenvalue weighted by atomic mass is 35.5. The SMILES string of the molecule is CC(/C=C1\SC(=O)N(Cc2ccc(Cl)cc2)C1=O)=C\c1ccccc1.